The third-order valence-corrected chi connectivity index (χ3v) is 3.45. The number of Topliss-reactive ketones (excluding diaryl/α,β-unsaturated/α-hetero) is 1. The second kappa shape index (κ2) is 11.4. The SMILES string of the molecule is CC(=O)c1cccc(C(=O)Nc2cc[c-]cc2)n1.CC(C)(C)c1c[c-]no1.[K+]. The fraction of sp³-hybridized carbons (Fsp3) is 0.238. The molecule has 1 amide bonds. The Labute approximate surface area is 207 Å². The summed E-state index contributed by atoms with van der Waals surface area (Å²) in [7, 11) is 0. The van der Waals surface area contributed by atoms with Crippen LogP contribution < -0.4 is 56.7 Å². The molecule has 28 heavy (non-hydrogen) atoms. The summed E-state index contributed by atoms with van der Waals surface area (Å²) in [6.45, 7) is 7.63. The molecule has 2 heterocycles. The minimum Gasteiger partial charge on any atom is -0.470 e. The average molecular weight is 403 g/mol. The Morgan fingerprint density at radius 3 is 2.21 bits per heavy atom. The second-order valence-electron chi connectivity index (χ2n) is 6.78. The van der Waals surface area contributed by atoms with Crippen molar-refractivity contribution in [1.82, 2.24) is 10.1 Å². The Balaban J connectivity index is 0.000000332. The van der Waals surface area contributed by atoms with Crippen molar-refractivity contribution in [2.24, 2.45) is 0 Å². The first kappa shape index (κ1) is 24.4. The molecular weight excluding hydrogens is 381 g/mol. The van der Waals surface area contributed by atoms with Crippen LogP contribution in [0, 0.1) is 12.3 Å². The predicted molar refractivity (Wildman–Crippen MR) is 102 cm³/mol. The van der Waals surface area contributed by atoms with E-state index in [1.165, 1.54) is 6.92 Å². The van der Waals surface area contributed by atoms with Gasteiger partial charge in [0.05, 0.1) is 0 Å². The number of carbonyl (C=O) groups is 2. The van der Waals surface area contributed by atoms with Gasteiger partial charge in [-0.25, -0.2) is 10.1 Å². The molecule has 0 atom stereocenters. The molecule has 3 aromatic rings. The number of ketones is 1. The van der Waals surface area contributed by atoms with E-state index in [1.807, 2.05) is 0 Å². The largest absolute Gasteiger partial charge is 1.00 e. The molecule has 0 saturated heterocycles. The van der Waals surface area contributed by atoms with Crippen LogP contribution in [0.25, 0.3) is 0 Å². The van der Waals surface area contributed by atoms with Gasteiger partial charge in [-0.05, 0) is 23.3 Å². The van der Waals surface area contributed by atoms with Crippen molar-refractivity contribution in [3.05, 3.63) is 77.9 Å². The molecule has 0 aliphatic rings. The third-order valence-electron chi connectivity index (χ3n) is 3.45. The van der Waals surface area contributed by atoms with Gasteiger partial charge in [0.15, 0.2) is 5.78 Å². The molecule has 0 fully saturated rings. The summed E-state index contributed by atoms with van der Waals surface area (Å²) in [5.41, 5.74) is 1.22. The zero-order valence-corrected chi connectivity index (χ0v) is 19.9. The van der Waals surface area contributed by atoms with Gasteiger partial charge in [0, 0.05) is 6.92 Å². The van der Waals surface area contributed by atoms with E-state index >= 15 is 0 Å². The number of nitrogens with zero attached hydrogens (tertiary/aromatic N) is 2. The van der Waals surface area contributed by atoms with E-state index in [2.05, 4.69) is 48.5 Å². The van der Waals surface area contributed by atoms with Crippen molar-refractivity contribution in [3.63, 3.8) is 0 Å². The zero-order chi connectivity index (χ0) is 19.9. The maximum Gasteiger partial charge on any atom is 1.00 e. The van der Waals surface area contributed by atoms with Crippen LogP contribution in [-0.2, 0) is 5.41 Å². The summed E-state index contributed by atoms with van der Waals surface area (Å²) in [6, 6.07) is 16.3. The van der Waals surface area contributed by atoms with Gasteiger partial charge in [0.1, 0.15) is 11.4 Å². The molecule has 1 N–H and O–H groups in total. The summed E-state index contributed by atoms with van der Waals surface area (Å²) in [5.74, 6) is 0.366. The van der Waals surface area contributed by atoms with Crippen molar-refractivity contribution < 1.29 is 65.5 Å². The number of amides is 1. The van der Waals surface area contributed by atoms with Crippen LogP contribution in [0.5, 0.6) is 0 Å². The summed E-state index contributed by atoms with van der Waals surface area (Å²) in [4.78, 5) is 27.1. The van der Waals surface area contributed by atoms with Gasteiger partial charge in [-0.3, -0.25) is 9.59 Å². The van der Waals surface area contributed by atoms with E-state index in [0.29, 0.717) is 5.69 Å². The quantitative estimate of drug-likeness (QED) is 0.403. The van der Waals surface area contributed by atoms with E-state index in [1.54, 1.807) is 48.5 Å². The monoisotopic (exact) mass is 402 g/mol. The van der Waals surface area contributed by atoms with Crippen molar-refractivity contribution in [2.45, 2.75) is 33.1 Å². The van der Waals surface area contributed by atoms with E-state index in [0.717, 1.165) is 5.76 Å². The first-order valence-electron chi connectivity index (χ1n) is 8.36. The smallest absolute Gasteiger partial charge is 0.470 e. The predicted octanol–water partition coefficient (Wildman–Crippen LogP) is 1.11. The fourth-order valence-electron chi connectivity index (χ4n) is 1.96. The molecule has 0 radical (unpaired) electrons. The average Bonchev–Trinajstić information content (AvgIpc) is 3.18. The minimum absolute atomic E-state index is 0. The molecule has 140 valence electrons. The minimum atomic E-state index is -0.343. The maximum absolute atomic E-state index is 11.9. The van der Waals surface area contributed by atoms with E-state index in [9.17, 15) is 9.59 Å². The number of pyridine rings is 1. The number of hydrogen-bond acceptors (Lipinski definition) is 5. The molecule has 0 unspecified atom stereocenters. The van der Waals surface area contributed by atoms with Crippen molar-refractivity contribution in [1.29, 1.82) is 0 Å². The van der Waals surface area contributed by atoms with Crippen LogP contribution in [0.4, 0.5) is 5.69 Å². The fourth-order valence-corrected chi connectivity index (χ4v) is 1.96. The molecule has 3 rings (SSSR count). The van der Waals surface area contributed by atoms with Crippen LogP contribution in [-0.4, -0.2) is 21.8 Å². The number of nitrogens with one attached hydrogen (secondary N) is 1. The van der Waals surface area contributed by atoms with Crippen molar-refractivity contribution in [3.8, 4) is 0 Å². The van der Waals surface area contributed by atoms with Crippen LogP contribution in [0.3, 0.4) is 0 Å². The second-order valence-corrected chi connectivity index (χ2v) is 6.78. The standard InChI is InChI=1S/C14H11N2O2.C7H10NO.K/c1-10(17)12-8-5-9-13(16-12)14(18)15-11-6-3-2-4-7-11;1-7(2,3)6-4-5-8-9-6;/h3-9H,1H3,(H,15,18);4H,1-3H3;/q2*-1;+1. The first-order valence-corrected chi connectivity index (χ1v) is 8.36. The molecule has 0 bridgehead atoms. The van der Waals surface area contributed by atoms with Crippen molar-refractivity contribution in [2.75, 3.05) is 5.32 Å². The van der Waals surface area contributed by atoms with Crippen LogP contribution in [0.1, 0.15) is 54.4 Å². The molecule has 0 aliphatic heterocycles. The third kappa shape index (κ3) is 7.77. The number of aromatic nitrogens is 2. The molecule has 0 spiro atoms. The van der Waals surface area contributed by atoms with E-state index < -0.39 is 0 Å². The van der Waals surface area contributed by atoms with Crippen LogP contribution >= 0.6 is 0 Å². The number of hydrogen-bond donors (Lipinski definition) is 1. The Kier molecular flexibility index (Phi) is 9.91. The van der Waals surface area contributed by atoms with E-state index in [-0.39, 0.29) is 79.9 Å². The number of rotatable bonds is 3. The zero-order valence-electron chi connectivity index (χ0n) is 16.7. The topological polar surface area (TPSA) is 85.1 Å². The van der Waals surface area contributed by atoms with Crippen LogP contribution in [0.15, 0.2) is 53.1 Å². The summed E-state index contributed by atoms with van der Waals surface area (Å²) >= 11 is 0. The van der Waals surface area contributed by atoms with Gasteiger partial charge in [-0.2, -0.15) is 24.3 Å². The number of carbonyl (C=O) groups excluding carboxylic acids is 2. The molecule has 2 aromatic heterocycles. The molecule has 7 heteroatoms. The Morgan fingerprint density at radius 1 is 1.07 bits per heavy atom. The molecule has 6 nitrogen and oxygen atoms in total. The number of anilines is 1. The normalized spacial score (nSPS) is 10.1. The Morgan fingerprint density at radius 2 is 1.71 bits per heavy atom. The summed E-state index contributed by atoms with van der Waals surface area (Å²) < 4.78 is 4.89. The van der Waals surface area contributed by atoms with Gasteiger partial charge in [0.25, 0.3) is 5.91 Å². The Bertz CT molecular complexity index is 889. The maximum atomic E-state index is 11.9. The Hall–Kier alpha value is -1.64. The van der Waals surface area contributed by atoms with Crippen molar-refractivity contribution >= 4 is 17.4 Å². The van der Waals surface area contributed by atoms with Gasteiger partial charge < -0.3 is 9.84 Å². The van der Waals surface area contributed by atoms with Gasteiger partial charge in [-0.15, -0.1) is 18.3 Å². The summed E-state index contributed by atoms with van der Waals surface area (Å²) in [6.07, 6.45) is 2.62. The van der Waals surface area contributed by atoms with Gasteiger partial charge >= 0.3 is 51.4 Å². The summed E-state index contributed by atoms with van der Waals surface area (Å²) in [5, 5.41) is 6.18. The van der Waals surface area contributed by atoms with Crippen LogP contribution in [0.2, 0.25) is 0 Å². The van der Waals surface area contributed by atoms with E-state index in [4.69, 9.17) is 4.52 Å². The first-order chi connectivity index (χ1) is 12.8. The van der Waals surface area contributed by atoms with Gasteiger partial charge in [-0.1, -0.05) is 32.5 Å². The molecule has 0 aliphatic carbocycles. The molecule has 1 aromatic carbocycles. The number of benzene rings is 1. The molecular formula is C21H21KN3O3-. The molecule has 0 saturated carbocycles. The van der Waals surface area contributed by atoms with Gasteiger partial charge in [0.2, 0.25) is 0 Å².